The summed E-state index contributed by atoms with van der Waals surface area (Å²) in [6.45, 7) is 2.74. The first-order chi connectivity index (χ1) is 8.56. The Hall–Kier alpha value is -1.84. The van der Waals surface area contributed by atoms with Gasteiger partial charge in [0.2, 0.25) is 0 Å². The lowest BCUT2D eigenvalue weighted by Gasteiger charge is -2.11. The maximum Gasteiger partial charge on any atom is 0.253 e. The van der Waals surface area contributed by atoms with E-state index in [9.17, 15) is 9.59 Å². The molecule has 1 aromatic carbocycles. The van der Waals surface area contributed by atoms with Crippen LogP contribution < -0.4 is 5.32 Å². The van der Waals surface area contributed by atoms with E-state index in [-0.39, 0.29) is 11.8 Å². The maximum atomic E-state index is 11.8. The molecule has 1 rings (SSSR count). The molecular weight excluding hydrogens is 228 g/mol. The van der Waals surface area contributed by atoms with Gasteiger partial charge in [-0.3, -0.25) is 9.59 Å². The highest BCUT2D eigenvalue weighted by Crippen LogP contribution is 2.07. The third-order valence-corrected chi connectivity index (χ3v) is 2.59. The van der Waals surface area contributed by atoms with Crippen LogP contribution in [0.25, 0.3) is 0 Å². The van der Waals surface area contributed by atoms with Gasteiger partial charge in [0.15, 0.2) is 0 Å². The molecule has 0 aliphatic rings. The third kappa shape index (κ3) is 3.87. The van der Waals surface area contributed by atoms with Crippen molar-refractivity contribution in [2.24, 2.45) is 0 Å². The zero-order chi connectivity index (χ0) is 13.5. The molecule has 4 heteroatoms. The number of nitrogens with one attached hydrogen (secondary N) is 1. The molecule has 98 valence electrons. The van der Waals surface area contributed by atoms with E-state index in [0.29, 0.717) is 17.7 Å². The molecule has 0 aliphatic heterocycles. The first-order valence-corrected chi connectivity index (χ1v) is 6.16. The van der Waals surface area contributed by atoms with Crippen LogP contribution in [-0.2, 0) is 0 Å². The topological polar surface area (TPSA) is 49.4 Å². The van der Waals surface area contributed by atoms with Crippen LogP contribution in [0.4, 0.5) is 0 Å². The highest BCUT2D eigenvalue weighted by atomic mass is 16.2. The Kier molecular flexibility index (Phi) is 5.36. The van der Waals surface area contributed by atoms with Gasteiger partial charge in [-0.05, 0) is 24.6 Å². The zero-order valence-corrected chi connectivity index (χ0v) is 11.2. The molecule has 1 aromatic rings. The molecule has 0 spiro atoms. The maximum absolute atomic E-state index is 11.8. The molecule has 0 radical (unpaired) electrons. The number of carbonyl (C=O) groups excluding carboxylic acids is 2. The third-order valence-electron chi connectivity index (χ3n) is 2.59. The minimum absolute atomic E-state index is 0.0989. The van der Waals surface area contributed by atoms with Crippen molar-refractivity contribution in [3.63, 3.8) is 0 Å². The van der Waals surface area contributed by atoms with Gasteiger partial charge in [-0.1, -0.05) is 19.4 Å². The predicted octanol–water partition coefficient (Wildman–Crippen LogP) is 1.92. The summed E-state index contributed by atoms with van der Waals surface area (Å²) in [5.41, 5.74) is 1.06. The van der Waals surface area contributed by atoms with Crippen molar-refractivity contribution in [2.45, 2.75) is 19.8 Å². The smallest absolute Gasteiger partial charge is 0.253 e. The number of unbranched alkanes of at least 4 members (excludes halogenated alkanes) is 1. The van der Waals surface area contributed by atoms with Crippen molar-refractivity contribution in [2.75, 3.05) is 20.6 Å². The van der Waals surface area contributed by atoms with Crippen LogP contribution in [0.5, 0.6) is 0 Å². The van der Waals surface area contributed by atoms with Crippen LogP contribution in [0.15, 0.2) is 24.3 Å². The molecule has 0 unspecified atom stereocenters. The summed E-state index contributed by atoms with van der Waals surface area (Å²) in [6, 6.07) is 6.79. The molecule has 2 amide bonds. The van der Waals surface area contributed by atoms with Crippen molar-refractivity contribution < 1.29 is 9.59 Å². The number of rotatable bonds is 5. The Morgan fingerprint density at radius 2 is 1.89 bits per heavy atom. The van der Waals surface area contributed by atoms with Gasteiger partial charge < -0.3 is 10.2 Å². The molecule has 0 heterocycles. The first-order valence-electron chi connectivity index (χ1n) is 6.16. The normalized spacial score (nSPS) is 9.94. The van der Waals surface area contributed by atoms with Crippen molar-refractivity contribution in [1.29, 1.82) is 0 Å². The van der Waals surface area contributed by atoms with Crippen LogP contribution >= 0.6 is 0 Å². The SMILES string of the molecule is CCCCNC(=O)c1cccc(C(=O)N(C)C)c1. The number of benzene rings is 1. The second kappa shape index (κ2) is 6.79. The molecule has 0 fully saturated rings. The Bertz CT molecular complexity index is 428. The van der Waals surface area contributed by atoms with Gasteiger partial charge in [0.1, 0.15) is 0 Å². The first kappa shape index (κ1) is 14.2. The summed E-state index contributed by atoms with van der Waals surface area (Å²) < 4.78 is 0. The quantitative estimate of drug-likeness (QED) is 0.809. The van der Waals surface area contributed by atoms with Gasteiger partial charge in [0.25, 0.3) is 11.8 Å². The summed E-state index contributed by atoms with van der Waals surface area (Å²) in [4.78, 5) is 25.1. The molecule has 0 aromatic heterocycles. The second-order valence-corrected chi connectivity index (χ2v) is 4.39. The largest absolute Gasteiger partial charge is 0.352 e. The van der Waals surface area contributed by atoms with Gasteiger partial charge in [0.05, 0.1) is 0 Å². The lowest BCUT2D eigenvalue weighted by Crippen LogP contribution is -2.25. The minimum Gasteiger partial charge on any atom is -0.352 e. The average Bonchev–Trinajstić information content (AvgIpc) is 2.38. The summed E-state index contributed by atoms with van der Waals surface area (Å²) in [5, 5.41) is 2.83. The molecule has 0 saturated heterocycles. The van der Waals surface area contributed by atoms with E-state index < -0.39 is 0 Å². The van der Waals surface area contributed by atoms with Gasteiger partial charge >= 0.3 is 0 Å². The fourth-order valence-corrected chi connectivity index (χ4v) is 1.53. The summed E-state index contributed by atoms with van der Waals surface area (Å²) in [7, 11) is 3.38. The van der Waals surface area contributed by atoms with Gasteiger partial charge in [-0.2, -0.15) is 0 Å². The van der Waals surface area contributed by atoms with Crippen LogP contribution in [0.2, 0.25) is 0 Å². The van der Waals surface area contributed by atoms with E-state index in [1.54, 1.807) is 38.4 Å². The summed E-state index contributed by atoms with van der Waals surface area (Å²) in [5.74, 6) is -0.227. The minimum atomic E-state index is -0.128. The second-order valence-electron chi connectivity index (χ2n) is 4.39. The molecule has 18 heavy (non-hydrogen) atoms. The van der Waals surface area contributed by atoms with Crippen LogP contribution in [0.1, 0.15) is 40.5 Å². The predicted molar refractivity (Wildman–Crippen MR) is 71.7 cm³/mol. The van der Waals surface area contributed by atoms with Gasteiger partial charge in [0, 0.05) is 31.8 Å². The number of hydrogen-bond acceptors (Lipinski definition) is 2. The lowest BCUT2D eigenvalue weighted by molar-refractivity contribution is 0.0827. The van der Waals surface area contributed by atoms with Crippen molar-refractivity contribution in [1.82, 2.24) is 10.2 Å². The fourth-order valence-electron chi connectivity index (χ4n) is 1.53. The Labute approximate surface area is 108 Å². The number of nitrogens with zero attached hydrogens (tertiary/aromatic N) is 1. The molecular formula is C14H20N2O2. The van der Waals surface area contributed by atoms with E-state index >= 15 is 0 Å². The van der Waals surface area contributed by atoms with Crippen molar-refractivity contribution in [3.05, 3.63) is 35.4 Å². The van der Waals surface area contributed by atoms with E-state index in [1.807, 2.05) is 0 Å². The Morgan fingerprint density at radius 3 is 2.50 bits per heavy atom. The monoisotopic (exact) mass is 248 g/mol. The van der Waals surface area contributed by atoms with E-state index in [1.165, 1.54) is 4.90 Å². The van der Waals surface area contributed by atoms with Crippen LogP contribution in [-0.4, -0.2) is 37.4 Å². The average molecular weight is 248 g/mol. The fraction of sp³-hybridized carbons (Fsp3) is 0.429. The molecule has 0 aliphatic carbocycles. The molecule has 0 saturated carbocycles. The highest BCUT2D eigenvalue weighted by Gasteiger charge is 2.11. The highest BCUT2D eigenvalue weighted by molar-refractivity contribution is 5.99. The van der Waals surface area contributed by atoms with Crippen molar-refractivity contribution in [3.8, 4) is 0 Å². The van der Waals surface area contributed by atoms with Crippen LogP contribution in [0.3, 0.4) is 0 Å². The number of carbonyl (C=O) groups is 2. The number of hydrogen-bond donors (Lipinski definition) is 1. The molecule has 1 N–H and O–H groups in total. The Morgan fingerprint density at radius 1 is 1.22 bits per heavy atom. The summed E-state index contributed by atoms with van der Waals surface area (Å²) in [6.07, 6.45) is 2.00. The van der Waals surface area contributed by atoms with Crippen LogP contribution in [0, 0.1) is 0 Å². The lowest BCUT2D eigenvalue weighted by atomic mass is 10.1. The summed E-state index contributed by atoms with van der Waals surface area (Å²) >= 11 is 0. The Balaban J connectivity index is 2.75. The standard InChI is InChI=1S/C14H20N2O2/c1-4-5-9-15-13(17)11-7-6-8-12(10-11)14(18)16(2)3/h6-8,10H,4-5,9H2,1-3H3,(H,15,17). The van der Waals surface area contributed by atoms with Crippen molar-refractivity contribution >= 4 is 11.8 Å². The van der Waals surface area contributed by atoms with Gasteiger partial charge in [-0.15, -0.1) is 0 Å². The van der Waals surface area contributed by atoms with E-state index in [0.717, 1.165) is 12.8 Å². The molecule has 0 atom stereocenters. The molecule has 0 bridgehead atoms. The van der Waals surface area contributed by atoms with E-state index in [4.69, 9.17) is 0 Å². The molecule has 4 nitrogen and oxygen atoms in total. The van der Waals surface area contributed by atoms with Gasteiger partial charge in [-0.25, -0.2) is 0 Å². The zero-order valence-electron chi connectivity index (χ0n) is 11.2. The number of amides is 2. The van der Waals surface area contributed by atoms with E-state index in [2.05, 4.69) is 12.2 Å².